The number of ether oxygens (including phenoxy) is 1. The second-order valence-corrected chi connectivity index (χ2v) is 6.05. The molecule has 1 aliphatic heterocycles. The van der Waals surface area contributed by atoms with E-state index in [2.05, 4.69) is 49.2 Å². The number of nitrogens with zero attached hydrogens (tertiary/aromatic N) is 1. The Balaban J connectivity index is 2.18. The maximum absolute atomic E-state index is 5.66. The molecule has 1 fully saturated rings. The van der Waals surface area contributed by atoms with Crippen molar-refractivity contribution in [2.45, 2.75) is 52.6 Å². The number of nitrogens with one attached hydrogen (secondary N) is 1. The molecule has 0 bridgehead atoms. The van der Waals surface area contributed by atoms with Crippen LogP contribution in [0.2, 0.25) is 0 Å². The molecule has 1 aliphatic rings. The first-order valence-electron chi connectivity index (χ1n) is 8.42. The Bertz CT molecular complexity index is 435. The molecule has 1 heterocycles. The van der Waals surface area contributed by atoms with Crippen molar-refractivity contribution < 1.29 is 4.74 Å². The lowest BCUT2D eigenvalue weighted by molar-refractivity contribution is 0.305. The van der Waals surface area contributed by atoms with Crippen molar-refractivity contribution in [2.24, 2.45) is 5.92 Å². The van der Waals surface area contributed by atoms with E-state index < -0.39 is 0 Å². The van der Waals surface area contributed by atoms with Gasteiger partial charge in [0, 0.05) is 36.9 Å². The van der Waals surface area contributed by atoms with Crippen molar-refractivity contribution in [3.63, 3.8) is 0 Å². The molecule has 1 aromatic carbocycles. The zero-order valence-corrected chi connectivity index (χ0v) is 13.9. The maximum atomic E-state index is 5.66. The van der Waals surface area contributed by atoms with Crippen molar-refractivity contribution in [2.75, 3.05) is 24.6 Å². The zero-order chi connectivity index (χ0) is 15.2. The Morgan fingerprint density at radius 2 is 2.14 bits per heavy atom. The van der Waals surface area contributed by atoms with Gasteiger partial charge in [0.25, 0.3) is 0 Å². The van der Waals surface area contributed by atoms with E-state index in [1.807, 2.05) is 13.0 Å². The summed E-state index contributed by atoms with van der Waals surface area (Å²) in [7, 11) is 0. The third-order valence-electron chi connectivity index (χ3n) is 4.71. The standard InChI is InChI=1S/C18H30N2O/c1-5-14(4)18-13-20(15(6-2)12-19-18)16-9-8-10-17(11-16)21-7-3/h8-11,14-15,18-19H,5-7,12-13H2,1-4H3. The predicted molar refractivity (Wildman–Crippen MR) is 90.3 cm³/mol. The van der Waals surface area contributed by atoms with Crippen LogP contribution in [0.1, 0.15) is 40.5 Å². The highest BCUT2D eigenvalue weighted by molar-refractivity contribution is 5.52. The van der Waals surface area contributed by atoms with Crippen molar-refractivity contribution in [3.8, 4) is 5.75 Å². The topological polar surface area (TPSA) is 24.5 Å². The van der Waals surface area contributed by atoms with Gasteiger partial charge in [-0.3, -0.25) is 0 Å². The number of piperazine rings is 1. The van der Waals surface area contributed by atoms with Gasteiger partial charge in [-0.25, -0.2) is 0 Å². The van der Waals surface area contributed by atoms with E-state index in [9.17, 15) is 0 Å². The first kappa shape index (κ1) is 16.2. The van der Waals surface area contributed by atoms with Gasteiger partial charge < -0.3 is 15.0 Å². The maximum Gasteiger partial charge on any atom is 0.121 e. The SMILES string of the molecule is CCOc1cccc(N2CC(C(C)CC)NCC2CC)c1. The summed E-state index contributed by atoms with van der Waals surface area (Å²) >= 11 is 0. The number of hydrogen-bond acceptors (Lipinski definition) is 3. The van der Waals surface area contributed by atoms with Crippen LogP contribution in [0.4, 0.5) is 5.69 Å². The Morgan fingerprint density at radius 3 is 2.81 bits per heavy atom. The highest BCUT2D eigenvalue weighted by Crippen LogP contribution is 2.27. The van der Waals surface area contributed by atoms with Crippen molar-refractivity contribution >= 4 is 5.69 Å². The van der Waals surface area contributed by atoms with Gasteiger partial charge in [0.05, 0.1) is 6.61 Å². The summed E-state index contributed by atoms with van der Waals surface area (Å²) in [6.07, 6.45) is 2.39. The molecule has 1 saturated heterocycles. The lowest BCUT2D eigenvalue weighted by Crippen LogP contribution is -2.58. The fourth-order valence-corrected chi connectivity index (χ4v) is 3.09. The van der Waals surface area contributed by atoms with Crippen LogP contribution >= 0.6 is 0 Å². The fraction of sp³-hybridized carbons (Fsp3) is 0.667. The van der Waals surface area contributed by atoms with Crippen molar-refractivity contribution in [1.82, 2.24) is 5.32 Å². The second kappa shape index (κ2) is 7.69. The molecule has 0 spiro atoms. The van der Waals surface area contributed by atoms with Gasteiger partial charge >= 0.3 is 0 Å². The number of benzene rings is 1. The van der Waals surface area contributed by atoms with E-state index in [4.69, 9.17) is 4.74 Å². The molecule has 0 amide bonds. The molecule has 1 aromatic rings. The van der Waals surface area contributed by atoms with Crippen LogP contribution in [0.15, 0.2) is 24.3 Å². The minimum Gasteiger partial charge on any atom is -0.494 e. The van der Waals surface area contributed by atoms with E-state index in [-0.39, 0.29) is 0 Å². The molecular weight excluding hydrogens is 260 g/mol. The smallest absolute Gasteiger partial charge is 0.121 e. The fourth-order valence-electron chi connectivity index (χ4n) is 3.09. The van der Waals surface area contributed by atoms with Gasteiger partial charge in [-0.1, -0.05) is 33.3 Å². The third-order valence-corrected chi connectivity index (χ3v) is 4.71. The Morgan fingerprint density at radius 1 is 1.33 bits per heavy atom. The quantitative estimate of drug-likeness (QED) is 0.865. The van der Waals surface area contributed by atoms with Crippen molar-refractivity contribution in [1.29, 1.82) is 0 Å². The molecule has 118 valence electrons. The Kier molecular flexibility index (Phi) is 5.92. The molecule has 2 rings (SSSR count). The summed E-state index contributed by atoms with van der Waals surface area (Å²) in [5.74, 6) is 1.68. The molecule has 0 saturated carbocycles. The summed E-state index contributed by atoms with van der Waals surface area (Å²) in [5, 5.41) is 3.74. The van der Waals surface area contributed by atoms with E-state index in [0.717, 1.165) is 25.4 Å². The number of hydrogen-bond donors (Lipinski definition) is 1. The molecule has 3 nitrogen and oxygen atoms in total. The van der Waals surface area contributed by atoms with Crippen LogP contribution in [0.3, 0.4) is 0 Å². The van der Waals surface area contributed by atoms with Crippen LogP contribution in [-0.2, 0) is 0 Å². The van der Waals surface area contributed by atoms with Crippen LogP contribution in [0.5, 0.6) is 5.75 Å². The first-order chi connectivity index (χ1) is 10.2. The predicted octanol–water partition coefficient (Wildman–Crippen LogP) is 3.69. The van der Waals surface area contributed by atoms with Gasteiger partial charge in [0.15, 0.2) is 0 Å². The highest BCUT2D eigenvalue weighted by Gasteiger charge is 2.29. The van der Waals surface area contributed by atoms with E-state index in [1.165, 1.54) is 18.5 Å². The second-order valence-electron chi connectivity index (χ2n) is 6.05. The highest BCUT2D eigenvalue weighted by atomic mass is 16.5. The van der Waals surface area contributed by atoms with E-state index in [1.54, 1.807) is 0 Å². The van der Waals surface area contributed by atoms with Gasteiger partial charge in [-0.2, -0.15) is 0 Å². The van der Waals surface area contributed by atoms with Crippen LogP contribution in [0.25, 0.3) is 0 Å². The molecule has 3 unspecified atom stereocenters. The third kappa shape index (κ3) is 3.91. The van der Waals surface area contributed by atoms with Gasteiger partial charge in [0.2, 0.25) is 0 Å². The Labute approximate surface area is 129 Å². The zero-order valence-electron chi connectivity index (χ0n) is 13.9. The largest absolute Gasteiger partial charge is 0.494 e. The van der Waals surface area contributed by atoms with E-state index in [0.29, 0.717) is 18.0 Å². The molecule has 3 heteroatoms. The monoisotopic (exact) mass is 290 g/mol. The molecule has 1 N–H and O–H groups in total. The van der Waals surface area contributed by atoms with Crippen molar-refractivity contribution in [3.05, 3.63) is 24.3 Å². The summed E-state index contributed by atoms with van der Waals surface area (Å²) in [6.45, 7) is 11.8. The lowest BCUT2D eigenvalue weighted by atomic mass is 9.94. The first-order valence-corrected chi connectivity index (χ1v) is 8.42. The molecule has 0 radical (unpaired) electrons. The van der Waals surface area contributed by atoms with Gasteiger partial charge in [0.1, 0.15) is 5.75 Å². The molecule has 3 atom stereocenters. The molecular formula is C18H30N2O. The van der Waals surface area contributed by atoms with Crippen LogP contribution < -0.4 is 15.0 Å². The molecule has 0 aromatic heterocycles. The summed E-state index contributed by atoms with van der Waals surface area (Å²) in [6, 6.07) is 9.70. The Hall–Kier alpha value is -1.22. The lowest BCUT2D eigenvalue weighted by Gasteiger charge is -2.43. The minimum atomic E-state index is 0.571. The molecule has 21 heavy (non-hydrogen) atoms. The minimum absolute atomic E-state index is 0.571. The van der Waals surface area contributed by atoms with Gasteiger partial charge in [-0.05, 0) is 31.4 Å². The van der Waals surface area contributed by atoms with Gasteiger partial charge in [-0.15, -0.1) is 0 Å². The average Bonchev–Trinajstić information content (AvgIpc) is 2.54. The van der Waals surface area contributed by atoms with E-state index >= 15 is 0 Å². The van der Waals surface area contributed by atoms with Crippen LogP contribution in [-0.4, -0.2) is 31.8 Å². The average molecular weight is 290 g/mol. The summed E-state index contributed by atoms with van der Waals surface area (Å²) in [4.78, 5) is 2.57. The summed E-state index contributed by atoms with van der Waals surface area (Å²) < 4.78 is 5.66. The number of anilines is 1. The summed E-state index contributed by atoms with van der Waals surface area (Å²) in [5.41, 5.74) is 1.29. The normalized spacial score (nSPS) is 23.9. The number of rotatable bonds is 6. The molecule has 0 aliphatic carbocycles. The van der Waals surface area contributed by atoms with Crippen LogP contribution in [0, 0.1) is 5.92 Å².